The fourth-order valence-electron chi connectivity index (χ4n) is 4.31. The van der Waals surface area contributed by atoms with Crippen molar-refractivity contribution in [1.29, 1.82) is 0 Å². The molecule has 0 spiro atoms. The fraction of sp³-hybridized carbons (Fsp3) is 0.261. The highest BCUT2D eigenvalue weighted by molar-refractivity contribution is 6.10. The zero-order valence-electron chi connectivity index (χ0n) is 17.4. The van der Waals surface area contributed by atoms with E-state index in [1.807, 2.05) is 0 Å². The molecule has 9 heteroatoms. The average Bonchev–Trinajstić information content (AvgIpc) is 3.37. The number of methoxy groups -OCH3 is 1. The smallest absolute Gasteiger partial charge is 0.260 e. The normalized spacial score (nSPS) is 17.8. The lowest BCUT2D eigenvalue weighted by atomic mass is 10.0. The van der Waals surface area contributed by atoms with E-state index in [4.69, 9.17) is 10.5 Å². The van der Waals surface area contributed by atoms with Gasteiger partial charge in [-0.05, 0) is 36.8 Å². The van der Waals surface area contributed by atoms with Crippen molar-refractivity contribution in [3.8, 4) is 17.0 Å². The number of hydrogen-bond acceptors (Lipinski definition) is 6. The van der Waals surface area contributed by atoms with Crippen molar-refractivity contribution in [2.45, 2.75) is 19.0 Å². The Morgan fingerprint density at radius 3 is 2.75 bits per heavy atom. The summed E-state index contributed by atoms with van der Waals surface area (Å²) in [4.78, 5) is 25.2. The number of pyridine rings is 2. The number of rotatable bonds is 4. The molecule has 4 heterocycles. The van der Waals surface area contributed by atoms with Crippen molar-refractivity contribution < 1.29 is 18.3 Å². The Bertz CT molecular complexity index is 1220. The molecule has 2 N–H and O–H groups in total. The van der Waals surface area contributed by atoms with Gasteiger partial charge in [-0.25, -0.2) is 13.8 Å². The molecule has 32 heavy (non-hydrogen) atoms. The van der Waals surface area contributed by atoms with E-state index in [1.165, 1.54) is 36.4 Å². The Hall–Kier alpha value is -3.59. The first kappa shape index (κ1) is 20.3. The molecule has 2 aromatic heterocycles. The lowest BCUT2D eigenvalue weighted by Gasteiger charge is -2.21. The van der Waals surface area contributed by atoms with E-state index in [-0.39, 0.29) is 29.9 Å². The standard InChI is InChI=1S/C23H21F2N5O2/c1-32-18-4-2-3-16(24)20(18)21-15-12-30(23(31)14(15)7-9-27-21)19-6-5-17(25)22(28-19)29-10-8-13(26)11-29/h2-7,9,13H,8,10-12,26H2,1H3/t13-/m1/s1. The van der Waals surface area contributed by atoms with Gasteiger partial charge >= 0.3 is 0 Å². The van der Waals surface area contributed by atoms with E-state index in [0.717, 1.165) is 6.42 Å². The Labute approximate surface area is 183 Å². The van der Waals surface area contributed by atoms with E-state index in [1.54, 1.807) is 23.1 Å². The number of halogens is 2. The first-order chi connectivity index (χ1) is 15.5. The van der Waals surface area contributed by atoms with Crippen LogP contribution < -0.4 is 20.3 Å². The van der Waals surface area contributed by atoms with Crippen LogP contribution in [0.4, 0.5) is 20.4 Å². The van der Waals surface area contributed by atoms with Crippen LogP contribution in [0.3, 0.4) is 0 Å². The Morgan fingerprint density at radius 2 is 2.00 bits per heavy atom. The highest BCUT2D eigenvalue weighted by Crippen LogP contribution is 2.38. The predicted molar refractivity (Wildman–Crippen MR) is 116 cm³/mol. The summed E-state index contributed by atoms with van der Waals surface area (Å²) in [6, 6.07) is 8.84. The van der Waals surface area contributed by atoms with Gasteiger partial charge in [0.2, 0.25) is 0 Å². The molecule has 1 amide bonds. The maximum Gasteiger partial charge on any atom is 0.260 e. The van der Waals surface area contributed by atoms with Crippen LogP contribution in [0, 0.1) is 11.6 Å². The van der Waals surface area contributed by atoms with Gasteiger partial charge in [-0.15, -0.1) is 0 Å². The molecule has 0 saturated carbocycles. The van der Waals surface area contributed by atoms with Crippen molar-refractivity contribution in [2.75, 3.05) is 30.0 Å². The summed E-state index contributed by atoms with van der Waals surface area (Å²) in [7, 11) is 1.45. The maximum absolute atomic E-state index is 14.7. The van der Waals surface area contributed by atoms with Gasteiger partial charge in [-0.2, -0.15) is 0 Å². The molecule has 1 atom stereocenters. The summed E-state index contributed by atoms with van der Waals surface area (Å²) in [5.74, 6) is -0.455. The molecule has 0 unspecified atom stereocenters. The molecule has 0 bridgehead atoms. The molecule has 164 valence electrons. The molecular formula is C23H21F2N5O2. The number of hydrogen-bond donors (Lipinski definition) is 1. The number of carbonyl (C=O) groups excluding carboxylic acids is 1. The minimum Gasteiger partial charge on any atom is -0.496 e. The number of carbonyl (C=O) groups is 1. The summed E-state index contributed by atoms with van der Waals surface area (Å²) < 4.78 is 34.5. The molecule has 1 fully saturated rings. The number of benzene rings is 1. The van der Waals surface area contributed by atoms with E-state index >= 15 is 0 Å². The molecule has 7 nitrogen and oxygen atoms in total. The monoisotopic (exact) mass is 437 g/mol. The summed E-state index contributed by atoms with van der Waals surface area (Å²) in [5, 5.41) is 0. The molecule has 0 radical (unpaired) electrons. The van der Waals surface area contributed by atoms with Gasteiger partial charge < -0.3 is 15.4 Å². The molecule has 5 rings (SSSR count). The van der Waals surface area contributed by atoms with Gasteiger partial charge in [-0.1, -0.05) is 6.07 Å². The predicted octanol–water partition coefficient (Wildman–Crippen LogP) is 3.13. The third-order valence-corrected chi connectivity index (χ3v) is 5.89. The zero-order valence-corrected chi connectivity index (χ0v) is 17.4. The second kappa shape index (κ2) is 7.83. The minimum absolute atomic E-state index is 0.0399. The van der Waals surface area contributed by atoms with E-state index in [0.29, 0.717) is 41.5 Å². The quantitative estimate of drug-likeness (QED) is 0.675. The number of nitrogens with two attached hydrogens (primary N) is 1. The molecule has 3 aromatic rings. The maximum atomic E-state index is 14.7. The topological polar surface area (TPSA) is 84.6 Å². The fourth-order valence-corrected chi connectivity index (χ4v) is 4.31. The largest absolute Gasteiger partial charge is 0.496 e. The second-order valence-electron chi connectivity index (χ2n) is 7.86. The summed E-state index contributed by atoms with van der Waals surface area (Å²) in [5.41, 5.74) is 7.45. The highest BCUT2D eigenvalue weighted by atomic mass is 19.1. The summed E-state index contributed by atoms with van der Waals surface area (Å²) >= 11 is 0. The number of anilines is 2. The van der Waals surface area contributed by atoms with Crippen molar-refractivity contribution in [3.05, 3.63) is 65.4 Å². The third-order valence-electron chi connectivity index (χ3n) is 5.89. The lowest BCUT2D eigenvalue weighted by molar-refractivity contribution is 0.0996. The van der Waals surface area contributed by atoms with Gasteiger partial charge in [0.25, 0.3) is 5.91 Å². The lowest BCUT2D eigenvalue weighted by Crippen LogP contribution is -2.29. The van der Waals surface area contributed by atoms with Crippen molar-refractivity contribution in [1.82, 2.24) is 9.97 Å². The van der Waals surface area contributed by atoms with Crippen LogP contribution in [0.25, 0.3) is 11.3 Å². The molecule has 2 aliphatic rings. The molecule has 1 aromatic carbocycles. The van der Waals surface area contributed by atoms with Crippen LogP contribution in [-0.4, -0.2) is 42.1 Å². The van der Waals surface area contributed by atoms with Crippen molar-refractivity contribution in [2.24, 2.45) is 5.73 Å². The van der Waals surface area contributed by atoms with Crippen LogP contribution in [0.5, 0.6) is 5.75 Å². The van der Waals surface area contributed by atoms with Gasteiger partial charge in [0.1, 0.15) is 17.4 Å². The molecule has 0 aliphatic carbocycles. The third kappa shape index (κ3) is 3.25. The van der Waals surface area contributed by atoms with E-state index in [2.05, 4.69) is 9.97 Å². The van der Waals surface area contributed by atoms with Gasteiger partial charge in [-0.3, -0.25) is 14.7 Å². The number of amides is 1. The average molecular weight is 437 g/mol. The van der Waals surface area contributed by atoms with Crippen molar-refractivity contribution in [3.63, 3.8) is 0 Å². The summed E-state index contributed by atoms with van der Waals surface area (Å²) in [6.07, 6.45) is 2.22. The summed E-state index contributed by atoms with van der Waals surface area (Å²) in [6.45, 7) is 1.24. The Balaban J connectivity index is 1.55. The zero-order chi connectivity index (χ0) is 22.4. The van der Waals surface area contributed by atoms with Gasteiger partial charge in [0, 0.05) is 36.5 Å². The number of aromatic nitrogens is 2. The van der Waals surface area contributed by atoms with Crippen LogP contribution in [-0.2, 0) is 6.54 Å². The minimum atomic E-state index is -0.497. The van der Waals surface area contributed by atoms with Crippen LogP contribution in [0.15, 0.2) is 42.6 Å². The van der Waals surface area contributed by atoms with E-state index < -0.39 is 11.6 Å². The van der Waals surface area contributed by atoms with Gasteiger partial charge in [0.05, 0.1) is 24.9 Å². The van der Waals surface area contributed by atoms with E-state index in [9.17, 15) is 13.6 Å². The van der Waals surface area contributed by atoms with Crippen LogP contribution >= 0.6 is 0 Å². The van der Waals surface area contributed by atoms with Crippen LogP contribution in [0.2, 0.25) is 0 Å². The first-order valence-corrected chi connectivity index (χ1v) is 10.3. The molecular weight excluding hydrogens is 416 g/mol. The molecule has 2 aliphatic heterocycles. The number of ether oxygens (including phenoxy) is 1. The number of nitrogens with zero attached hydrogens (tertiary/aromatic N) is 4. The van der Waals surface area contributed by atoms with Gasteiger partial charge in [0.15, 0.2) is 11.6 Å². The Morgan fingerprint density at radius 1 is 1.16 bits per heavy atom. The highest BCUT2D eigenvalue weighted by Gasteiger charge is 2.34. The van der Waals surface area contributed by atoms with Crippen molar-refractivity contribution >= 4 is 17.5 Å². The Kier molecular flexibility index (Phi) is 4.97. The van der Waals surface area contributed by atoms with Crippen LogP contribution in [0.1, 0.15) is 22.3 Å². The number of fused-ring (bicyclic) bond motifs is 1. The first-order valence-electron chi connectivity index (χ1n) is 10.3. The SMILES string of the molecule is COc1cccc(F)c1-c1nccc2c1CN(c1ccc(F)c(N3CC[C@@H](N)C3)n1)C2=O. The second-order valence-corrected chi connectivity index (χ2v) is 7.86. The molecule has 1 saturated heterocycles.